The third kappa shape index (κ3) is 6.19. The number of halogens is 4. The van der Waals surface area contributed by atoms with E-state index in [-0.39, 0.29) is 24.1 Å². The molecule has 7 nitrogen and oxygen atoms in total. The van der Waals surface area contributed by atoms with Crippen LogP contribution in [0.3, 0.4) is 0 Å². The summed E-state index contributed by atoms with van der Waals surface area (Å²) in [4.78, 5) is 21.1. The molecular weight excluding hydrogens is 466 g/mol. The first-order valence-corrected chi connectivity index (χ1v) is 11.8. The number of morpholine rings is 1. The van der Waals surface area contributed by atoms with Crippen molar-refractivity contribution in [2.75, 3.05) is 36.5 Å². The van der Waals surface area contributed by atoms with E-state index in [0.29, 0.717) is 43.5 Å². The number of benzene rings is 1. The molecule has 0 bridgehead atoms. The third-order valence-corrected chi connectivity index (χ3v) is 6.81. The molecule has 1 saturated carbocycles. The molecule has 190 valence electrons. The molecule has 1 amide bonds. The summed E-state index contributed by atoms with van der Waals surface area (Å²) in [5, 5.41) is 3.10. The fourth-order valence-electron chi connectivity index (χ4n) is 4.88. The molecule has 35 heavy (non-hydrogen) atoms. The minimum absolute atomic E-state index is 0.0841. The van der Waals surface area contributed by atoms with Crippen molar-refractivity contribution in [2.24, 2.45) is 17.6 Å². The van der Waals surface area contributed by atoms with Gasteiger partial charge >= 0.3 is 6.18 Å². The number of amides is 1. The van der Waals surface area contributed by atoms with Crippen molar-refractivity contribution in [3.05, 3.63) is 47.5 Å². The SMILES string of the molecule is NC(=O)CC1CCC(CNc2ncnc(N3CCOC[C@@H]3c3ccc(C(F)(F)F)cc3)c2F)CC1. The highest BCUT2D eigenvalue weighted by Crippen LogP contribution is 2.35. The van der Waals surface area contributed by atoms with Crippen LogP contribution < -0.4 is 16.0 Å². The summed E-state index contributed by atoms with van der Waals surface area (Å²) in [5.74, 6) is -0.0591. The van der Waals surface area contributed by atoms with E-state index in [1.807, 2.05) is 0 Å². The maximum Gasteiger partial charge on any atom is 0.416 e. The number of rotatable bonds is 7. The van der Waals surface area contributed by atoms with E-state index in [1.54, 1.807) is 4.90 Å². The summed E-state index contributed by atoms with van der Waals surface area (Å²) in [7, 11) is 0. The summed E-state index contributed by atoms with van der Waals surface area (Å²) in [6.45, 7) is 1.43. The second-order valence-electron chi connectivity index (χ2n) is 9.20. The van der Waals surface area contributed by atoms with E-state index in [0.717, 1.165) is 37.8 Å². The molecule has 0 spiro atoms. The molecular formula is C24H29F4N5O2. The maximum absolute atomic E-state index is 15.5. The third-order valence-electron chi connectivity index (χ3n) is 6.81. The van der Waals surface area contributed by atoms with E-state index < -0.39 is 23.6 Å². The van der Waals surface area contributed by atoms with Crippen LogP contribution in [0.15, 0.2) is 30.6 Å². The number of nitrogens with one attached hydrogen (secondary N) is 1. The first-order valence-electron chi connectivity index (χ1n) is 11.8. The molecule has 11 heteroatoms. The average molecular weight is 496 g/mol. The van der Waals surface area contributed by atoms with Crippen LogP contribution in [0.5, 0.6) is 0 Å². The molecule has 1 atom stereocenters. The molecule has 2 aromatic rings. The lowest BCUT2D eigenvalue weighted by Crippen LogP contribution is -2.40. The highest BCUT2D eigenvalue weighted by Gasteiger charge is 2.33. The maximum atomic E-state index is 15.5. The van der Waals surface area contributed by atoms with Gasteiger partial charge in [0, 0.05) is 19.5 Å². The lowest BCUT2D eigenvalue weighted by atomic mass is 9.80. The number of carbonyl (C=O) groups is 1. The van der Waals surface area contributed by atoms with Gasteiger partial charge in [-0.05, 0) is 55.2 Å². The van der Waals surface area contributed by atoms with Crippen LogP contribution in [-0.2, 0) is 15.7 Å². The largest absolute Gasteiger partial charge is 0.416 e. The van der Waals surface area contributed by atoms with E-state index in [4.69, 9.17) is 10.5 Å². The summed E-state index contributed by atoms with van der Waals surface area (Å²) in [6, 6.07) is 4.33. The minimum Gasteiger partial charge on any atom is -0.377 e. The van der Waals surface area contributed by atoms with Crippen molar-refractivity contribution in [1.29, 1.82) is 0 Å². The van der Waals surface area contributed by atoms with Crippen LogP contribution in [0.2, 0.25) is 0 Å². The van der Waals surface area contributed by atoms with E-state index >= 15 is 4.39 Å². The summed E-state index contributed by atoms with van der Waals surface area (Å²) < 4.78 is 59.8. The monoisotopic (exact) mass is 495 g/mol. The molecule has 1 aromatic heterocycles. The van der Waals surface area contributed by atoms with Crippen LogP contribution in [-0.4, -0.2) is 42.2 Å². The smallest absolute Gasteiger partial charge is 0.377 e. The molecule has 1 saturated heterocycles. The molecule has 0 unspecified atom stereocenters. The Balaban J connectivity index is 1.44. The van der Waals surface area contributed by atoms with Crippen molar-refractivity contribution in [2.45, 2.75) is 44.3 Å². The lowest BCUT2D eigenvalue weighted by molar-refractivity contribution is -0.137. The van der Waals surface area contributed by atoms with Crippen molar-refractivity contribution in [3.8, 4) is 0 Å². The Hall–Kier alpha value is -2.95. The second kappa shape index (κ2) is 10.8. The van der Waals surface area contributed by atoms with Gasteiger partial charge in [-0.15, -0.1) is 0 Å². The van der Waals surface area contributed by atoms with Crippen LogP contribution in [0, 0.1) is 17.7 Å². The van der Waals surface area contributed by atoms with Gasteiger partial charge in [-0.2, -0.15) is 17.6 Å². The summed E-state index contributed by atoms with van der Waals surface area (Å²) >= 11 is 0. The highest BCUT2D eigenvalue weighted by molar-refractivity contribution is 5.74. The predicted molar refractivity (Wildman–Crippen MR) is 122 cm³/mol. The Labute approximate surface area is 201 Å². The number of alkyl halides is 3. The van der Waals surface area contributed by atoms with Crippen molar-refractivity contribution in [3.63, 3.8) is 0 Å². The summed E-state index contributed by atoms with van der Waals surface area (Å²) in [6.07, 6.45) is 0.924. The van der Waals surface area contributed by atoms with E-state index in [1.165, 1.54) is 18.5 Å². The molecule has 3 N–H and O–H groups in total. The van der Waals surface area contributed by atoms with Gasteiger partial charge in [-0.25, -0.2) is 9.97 Å². The number of aromatic nitrogens is 2. The highest BCUT2D eigenvalue weighted by atomic mass is 19.4. The number of nitrogens with zero attached hydrogens (tertiary/aromatic N) is 3. The Kier molecular flexibility index (Phi) is 7.73. The van der Waals surface area contributed by atoms with E-state index in [9.17, 15) is 18.0 Å². The molecule has 2 aliphatic rings. The van der Waals surface area contributed by atoms with Gasteiger partial charge < -0.3 is 20.7 Å². The zero-order valence-electron chi connectivity index (χ0n) is 19.2. The molecule has 4 rings (SSSR count). The molecule has 0 radical (unpaired) electrons. The Morgan fingerprint density at radius 2 is 1.80 bits per heavy atom. The fraction of sp³-hybridized carbons (Fsp3) is 0.542. The molecule has 1 aliphatic heterocycles. The predicted octanol–water partition coefficient (Wildman–Crippen LogP) is 4.31. The fourth-order valence-corrected chi connectivity index (χ4v) is 4.88. The zero-order chi connectivity index (χ0) is 25.0. The van der Waals surface area contributed by atoms with Crippen molar-refractivity contribution >= 4 is 17.5 Å². The Bertz CT molecular complexity index is 1010. The Morgan fingerprint density at radius 1 is 1.11 bits per heavy atom. The number of ether oxygens (including phenoxy) is 1. The van der Waals surface area contributed by atoms with E-state index in [2.05, 4.69) is 15.3 Å². The normalized spacial score (nSPS) is 23.2. The quantitative estimate of drug-likeness (QED) is 0.557. The first kappa shape index (κ1) is 25.2. The lowest BCUT2D eigenvalue weighted by Gasteiger charge is -2.37. The number of hydrogen-bond donors (Lipinski definition) is 2. The van der Waals surface area contributed by atoms with Crippen LogP contribution in [0.4, 0.5) is 29.2 Å². The van der Waals surface area contributed by atoms with Crippen LogP contribution in [0.1, 0.15) is 49.3 Å². The molecule has 1 aliphatic carbocycles. The van der Waals surface area contributed by atoms with Gasteiger partial charge in [-0.3, -0.25) is 4.79 Å². The number of nitrogens with two attached hydrogens (primary N) is 1. The van der Waals surface area contributed by atoms with Crippen LogP contribution >= 0.6 is 0 Å². The van der Waals surface area contributed by atoms with Gasteiger partial charge in [0.2, 0.25) is 11.7 Å². The average Bonchev–Trinajstić information content (AvgIpc) is 2.84. The second-order valence-corrected chi connectivity index (χ2v) is 9.20. The molecule has 2 fully saturated rings. The van der Waals surface area contributed by atoms with Gasteiger partial charge in [0.15, 0.2) is 11.6 Å². The van der Waals surface area contributed by atoms with Gasteiger partial charge in [0.25, 0.3) is 0 Å². The van der Waals surface area contributed by atoms with Gasteiger partial charge in [0.05, 0.1) is 24.8 Å². The van der Waals surface area contributed by atoms with Crippen LogP contribution in [0.25, 0.3) is 0 Å². The number of carbonyl (C=O) groups excluding carboxylic acids is 1. The first-order chi connectivity index (χ1) is 16.7. The summed E-state index contributed by atoms with van der Waals surface area (Å²) in [5.41, 5.74) is 5.13. The number of primary amides is 1. The Morgan fingerprint density at radius 3 is 2.46 bits per heavy atom. The number of anilines is 2. The topological polar surface area (TPSA) is 93.4 Å². The standard InChI is InChI=1S/C24H29F4N5O2/c25-21-22(30-12-16-3-1-15(2-4-16)11-20(29)34)31-14-32-23(21)33-9-10-35-13-19(33)17-5-7-18(8-6-17)24(26,27)28/h5-8,14-16,19H,1-4,9-13H2,(H2,29,34)(H,30,31,32)/t15?,16?,19-/m1/s1. The molecule has 1 aromatic carbocycles. The van der Waals surface area contributed by atoms with Gasteiger partial charge in [-0.1, -0.05) is 12.1 Å². The van der Waals surface area contributed by atoms with Crippen molar-refractivity contribution in [1.82, 2.24) is 9.97 Å². The minimum atomic E-state index is -4.43. The zero-order valence-corrected chi connectivity index (χ0v) is 19.2. The van der Waals surface area contributed by atoms with Gasteiger partial charge in [0.1, 0.15) is 6.33 Å². The van der Waals surface area contributed by atoms with Crippen molar-refractivity contribution < 1.29 is 27.1 Å². The number of hydrogen-bond acceptors (Lipinski definition) is 6. The molecule has 2 heterocycles.